The monoisotopic (exact) mass is 329 g/mol. The van der Waals surface area contributed by atoms with Crippen LogP contribution < -0.4 is 10.1 Å². The normalized spacial score (nSPS) is 10.7. The molecule has 0 bridgehead atoms. The molecule has 0 aliphatic heterocycles. The van der Waals surface area contributed by atoms with Crippen molar-refractivity contribution in [2.75, 3.05) is 7.05 Å². The maximum Gasteiger partial charge on any atom is 0.147 e. The van der Waals surface area contributed by atoms with Crippen LogP contribution in [0, 0.1) is 6.92 Å². The molecule has 2 aromatic rings. The molecule has 0 saturated carbocycles. The zero-order chi connectivity index (χ0) is 14.7. The van der Waals surface area contributed by atoms with Gasteiger partial charge in [-0.3, -0.25) is 0 Å². The molecule has 2 rings (SSSR count). The molecule has 0 atom stereocenters. The minimum atomic E-state index is 0.407. The molecule has 20 heavy (non-hydrogen) atoms. The van der Waals surface area contributed by atoms with Gasteiger partial charge in [0.05, 0.1) is 15.1 Å². The van der Waals surface area contributed by atoms with Gasteiger partial charge in [0.15, 0.2) is 0 Å². The van der Waals surface area contributed by atoms with Gasteiger partial charge in [0, 0.05) is 12.6 Å². The number of rotatable bonds is 4. The Morgan fingerprint density at radius 1 is 1.00 bits per heavy atom. The molecule has 0 heterocycles. The fourth-order valence-corrected chi connectivity index (χ4v) is 2.41. The van der Waals surface area contributed by atoms with E-state index in [1.807, 2.05) is 32.2 Å². The first-order valence-corrected chi connectivity index (χ1v) is 7.21. The zero-order valence-corrected chi connectivity index (χ0v) is 13.4. The van der Waals surface area contributed by atoms with E-state index in [0.717, 1.165) is 12.1 Å². The highest BCUT2D eigenvalue weighted by molar-refractivity contribution is 6.43. The van der Waals surface area contributed by atoms with Gasteiger partial charge in [0.1, 0.15) is 11.5 Å². The number of aryl methyl sites for hydroxylation is 1. The third-order valence-electron chi connectivity index (χ3n) is 2.88. The molecule has 2 aromatic carbocycles. The van der Waals surface area contributed by atoms with Crippen molar-refractivity contribution in [1.29, 1.82) is 0 Å². The zero-order valence-electron chi connectivity index (χ0n) is 11.1. The molecule has 0 unspecified atom stereocenters. The summed E-state index contributed by atoms with van der Waals surface area (Å²) in [5.41, 5.74) is 2.37. The third kappa shape index (κ3) is 3.58. The molecule has 5 heteroatoms. The lowest BCUT2D eigenvalue weighted by atomic mass is 10.1. The Bertz CT molecular complexity index is 629. The second-order valence-corrected chi connectivity index (χ2v) is 5.64. The predicted octanol–water partition coefficient (Wildman–Crippen LogP) is 5.47. The molecule has 1 N–H and O–H groups in total. The molecule has 2 nitrogen and oxygen atoms in total. The molecule has 0 aliphatic rings. The van der Waals surface area contributed by atoms with Crippen LogP contribution in [0.5, 0.6) is 11.5 Å². The van der Waals surface area contributed by atoms with Crippen LogP contribution in [-0.4, -0.2) is 7.05 Å². The second-order valence-electron chi connectivity index (χ2n) is 4.42. The summed E-state index contributed by atoms with van der Waals surface area (Å²) in [6.45, 7) is 2.86. The van der Waals surface area contributed by atoms with Crippen molar-refractivity contribution < 1.29 is 4.74 Å². The Morgan fingerprint density at radius 2 is 1.70 bits per heavy atom. The van der Waals surface area contributed by atoms with Gasteiger partial charge in [-0.2, -0.15) is 0 Å². The highest BCUT2D eigenvalue weighted by Crippen LogP contribution is 2.36. The van der Waals surface area contributed by atoms with Crippen molar-refractivity contribution in [3.05, 3.63) is 56.5 Å². The number of benzene rings is 2. The Labute approximate surface area is 133 Å². The lowest BCUT2D eigenvalue weighted by Crippen LogP contribution is -2.06. The first-order chi connectivity index (χ1) is 9.51. The smallest absolute Gasteiger partial charge is 0.147 e. The van der Waals surface area contributed by atoms with E-state index in [-0.39, 0.29) is 0 Å². The van der Waals surface area contributed by atoms with Crippen LogP contribution in [0.15, 0.2) is 30.3 Å². The van der Waals surface area contributed by atoms with E-state index in [4.69, 9.17) is 39.5 Å². The molecule has 0 aromatic heterocycles. The van der Waals surface area contributed by atoms with E-state index < -0.39 is 0 Å². The Kier molecular flexibility index (Phi) is 5.17. The highest BCUT2D eigenvalue weighted by Gasteiger charge is 2.09. The first kappa shape index (κ1) is 15.5. The summed E-state index contributed by atoms with van der Waals surface area (Å²) >= 11 is 18.0. The lowest BCUT2D eigenvalue weighted by Gasteiger charge is -2.11. The van der Waals surface area contributed by atoms with Crippen LogP contribution in [0.4, 0.5) is 0 Å². The van der Waals surface area contributed by atoms with Crippen molar-refractivity contribution in [2.24, 2.45) is 0 Å². The molecule has 0 spiro atoms. The predicted molar refractivity (Wildman–Crippen MR) is 85.5 cm³/mol. The largest absolute Gasteiger partial charge is 0.456 e. The van der Waals surface area contributed by atoms with Gasteiger partial charge in [-0.05, 0) is 43.3 Å². The Hall–Kier alpha value is -0.930. The highest BCUT2D eigenvalue weighted by atomic mass is 35.5. The van der Waals surface area contributed by atoms with Gasteiger partial charge in [-0.15, -0.1) is 0 Å². The number of halogens is 3. The topological polar surface area (TPSA) is 21.3 Å². The number of hydrogen-bond acceptors (Lipinski definition) is 2. The summed E-state index contributed by atoms with van der Waals surface area (Å²) in [4.78, 5) is 0. The SMILES string of the molecule is CNCc1ccc(Oc2cc(Cl)c(Cl)cc2Cl)cc1C. The minimum absolute atomic E-state index is 0.407. The van der Waals surface area contributed by atoms with Crippen molar-refractivity contribution in [1.82, 2.24) is 5.32 Å². The van der Waals surface area contributed by atoms with E-state index in [1.54, 1.807) is 12.1 Å². The van der Waals surface area contributed by atoms with Crippen LogP contribution >= 0.6 is 34.8 Å². The molecule has 106 valence electrons. The van der Waals surface area contributed by atoms with E-state index in [0.29, 0.717) is 26.6 Å². The van der Waals surface area contributed by atoms with Crippen molar-refractivity contribution in [2.45, 2.75) is 13.5 Å². The quantitative estimate of drug-likeness (QED) is 0.751. The van der Waals surface area contributed by atoms with Gasteiger partial charge < -0.3 is 10.1 Å². The second kappa shape index (κ2) is 6.68. The Balaban J connectivity index is 2.26. The summed E-state index contributed by atoms with van der Waals surface area (Å²) in [5, 5.41) is 4.37. The molecular weight excluding hydrogens is 317 g/mol. The van der Waals surface area contributed by atoms with Gasteiger partial charge in [0.2, 0.25) is 0 Å². The number of nitrogens with one attached hydrogen (secondary N) is 1. The third-order valence-corrected chi connectivity index (χ3v) is 3.90. The summed E-state index contributed by atoms with van der Waals surface area (Å²) < 4.78 is 5.76. The Morgan fingerprint density at radius 3 is 2.35 bits per heavy atom. The summed E-state index contributed by atoms with van der Waals surface area (Å²) in [6.07, 6.45) is 0. The van der Waals surface area contributed by atoms with Crippen LogP contribution in [-0.2, 0) is 6.54 Å². The standard InChI is InChI=1S/C15H14Cl3NO/c1-9-5-11(4-3-10(9)8-19-2)20-15-7-13(17)12(16)6-14(15)18/h3-7,19H,8H2,1-2H3. The van der Waals surface area contributed by atoms with Gasteiger partial charge in [0.25, 0.3) is 0 Å². The van der Waals surface area contributed by atoms with E-state index in [1.165, 1.54) is 5.56 Å². The van der Waals surface area contributed by atoms with E-state index in [2.05, 4.69) is 5.32 Å². The first-order valence-electron chi connectivity index (χ1n) is 6.08. The van der Waals surface area contributed by atoms with Gasteiger partial charge >= 0.3 is 0 Å². The van der Waals surface area contributed by atoms with E-state index >= 15 is 0 Å². The van der Waals surface area contributed by atoms with Crippen molar-refractivity contribution in [3.8, 4) is 11.5 Å². The molecular formula is C15H14Cl3NO. The fraction of sp³-hybridized carbons (Fsp3) is 0.200. The molecule has 0 aliphatic carbocycles. The molecule has 0 saturated heterocycles. The summed E-state index contributed by atoms with van der Waals surface area (Å²) in [5.74, 6) is 1.20. The fourth-order valence-electron chi connectivity index (χ4n) is 1.83. The molecule has 0 fully saturated rings. The number of hydrogen-bond donors (Lipinski definition) is 1. The average molecular weight is 331 g/mol. The molecule has 0 amide bonds. The van der Waals surface area contributed by atoms with E-state index in [9.17, 15) is 0 Å². The van der Waals surface area contributed by atoms with Gasteiger partial charge in [-0.25, -0.2) is 0 Å². The summed E-state index contributed by atoms with van der Waals surface area (Å²) in [7, 11) is 1.92. The minimum Gasteiger partial charge on any atom is -0.456 e. The molecule has 0 radical (unpaired) electrons. The van der Waals surface area contributed by atoms with Crippen LogP contribution in [0.25, 0.3) is 0 Å². The van der Waals surface area contributed by atoms with Gasteiger partial charge in [-0.1, -0.05) is 40.9 Å². The van der Waals surface area contributed by atoms with Crippen molar-refractivity contribution >= 4 is 34.8 Å². The van der Waals surface area contributed by atoms with Crippen LogP contribution in [0.3, 0.4) is 0 Å². The maximum atomic E-state index is 6.09. The average Bonchev–Trinajstić information content (AvgIpc) is 2.39. The number of ether oxygens (including phenoxy) is 1. The van der Waals surface area contributed by atoms with Crippen molar-refractivity contribution in [3.63, 3.8) is 0 Å². The van der Waals surface area contributed by atoms with Crippen LogP contribution in [0.2, 0.25) is 15.1 Å². The van der Waals surface area contributed by atoms with Crippen LogP contribution in [0.1, 0.15) is 11.1 Å². The maximum absolute atomic E-state index is 6.09. The summed E-state index contributed by atoms with van der Waals surface area (Å²) in [6, 6.07) is 9.07. The lowest BCUT2D eigenvalue weighted by molar-refractivity contribution is 0.482.